The van der Waals surface area contributed by atoms with Crippen LogP contribution in [0.3, 0.4) is 0 Å². The molecular weight excluding hydrogens is 330 g/mol. The van der Waals surface area contributed by atoms with E-state index in [2.05, 4.69) is 0 Å². The fourth-order valence-electron chi connectivity index (χ4n) is 3.88. The zero-order valence-electron chi connectivity index (χ0n) is 14.4. The molecule has 2 aliphatic rings. The Kier molecular flexibility index (Phi) is 3.80. The highest BCUT2D eigenvalue weighted by atomic mass is 16.2. The van der Waals surface area contributed by atoms with E-state index in [-0.39, 0.29) is 28.0 Å². The fourth-order valence-corrected chi connectivity index (χ4v) is 3.88. The number of carbonyl (C=O) groups excluding carboxylic acids is 3. The topological polar surface area (TPSA) is 73.2 Å². The van der Waals surface area contributed by atoms with E-state index >= 15 is 0 Å². The van der Waals surface area contributed by atoms with Gasteiger partial charge in [-0.15, -0.1) is 0 Å². The molecular formula is C21H17NO4. The van der Waals surface area contributed by atoms with Crippen molar-refractivity contribution in [2.24, 2.45) is 0 Å². The summed E-state index contributed by atoms with van der Waals surface area (Å²) in [7, 11) is 0. The largest absolute Gasteiger partial charge is 0.311 e. The summed E-state index contributed by atoms with van der Waals surface area (Å²) in [6.45, 7) is 1.74. The first kappa shape index (κ1) is 16.4. The van der Waals surface area contributed by atoms with Crippen LogP contribution >= 0.6 is 0 Å². The van der Waals surface area contributed by atoms with E-state index in [0.717, 1.165) is 12.8 Å². The number of pyridine rings is 1. The Morgan fingerprint density at radius 3 is 2.42 bits per heavy atom. The van der Waals surface area contributed by atoms with Gasteiger partial charge in [0.15, 0.2) is 17.3 Å². The van der Waals surface area contributed by atoms with Crippen LogP contribution in [0.4, 0.5) is 0 Å². The van der Waals surface area contributed by atoms with E-state index in [9.17, 15) is 19.2 Å². The van der Waals surface area contributed by atoms with Crippen LogP contribution in [0.15, 0.2) is 41.2 Å². The fraction of sp³-hybridized carbons (Fsp3) is 0.238. The maximum absolute atomic E-state index is 13.2. The van der Waals surface area contributed by atoms with Crippen molar-refractivity contribution in [3.05, 3.63) is 74.7 Å². The normalized spacial score (nSPS) is 16.0. The zero-order valence-corrected chi connectivity index (χ0v) is 14.4. The Morgan fingerprint density at radius 1 is 1.00 bits per heavy atom. The predicted molar refractivity (Wildman–Crippen MR) is 96.7 cm³/mol. The molecule has 5 nitrogen and oxygen atoms in total. The van der Waals surface area contributed by atoms with E-state index in [4.69, 9.17) is 0 Å². The van der Waals surface area contributed by atoms with E-state index in [0.29, 0.717) is 24.2 Å². The first-order valence-electron chi connectivity index (χ1n) is 8.67. The van der Waals surface area contributed by atoms with Gasteiger partial charge >= 0.3 is 0 Å². The smallest absolute Gasteiger partial charge is 0.262 e. The van der Waals surface area contributed by atoms with Crippen molar-refractivity contribution in [2.45, 2.75) is 32.7 Å². The van der Waals surface area contributed by atoms with Crippen molar-refractivity contribution < 1.29 is 14.4 Å². The zero-order chi connectivity index (χ0) is 18.4. The molecule has 2 aromatic rings. The third kappa shape index (κ3) is 2.31. The second-order valence-electron chi connectivity index (χ2n) is 6.66. The van der Waals surface area contributed by atoms with Gasteiger partial charge in [0.2, 0.25) is 0 Å². The van der Waals surface area contributed by atoms with Gasteiger partial charge in [0.1, 0.15) is 0 Å². The third-order valence-electron chi connectivity index (χ3n) is 5.05. The molecule has 0 saturated carbocycles. The number of rotatable bonds is 2. The molecule has 0 spiro atoms. The average Bonchev–Trinajstić information content (AvgIpc) is 2.65. The number of fused-ring (bicyclic) bond motifs is 3. The van der Waals surface area contributed by atoms with Gasteiger partial charge in [-0.25, -0.2) is 0 Å². The number of ketones is 3. The molecule has 0 radical (unpaired) electrons. The monoisotopic (exact) mass is 347 g/mol. The minimum atomic E-state index is -0.484. The number of nitrogens with zero attached hydrogens (tertiary/aromatic N) is 1. The molecule has 1 aliphatic carbocycles. The Hall–Kier alpha value is -3.08. The van der Waals surface area contributed by atoms with Crippen LogP contribution < -0.4 is 5.56 Å². The number of Topliss-reactive ketones (excluding diaryl/α,β-unsaturated/α-hetero) is 2. The minimum absolute atomic E-state index is 0.0120. The molecule has 0 amide bonds. The van der Waals surface area contributed by atoms with Crippen LogP contribution in [0, 0.1) is 0 Å². The Bertz CT molecular complexity index is 1060. The Labute approximate surface area is 150 Å². The summed E-state index contributed by atoms with van der Waals surface area (Å²) in [4.78, 5) is 51.2. The van der Waals surface area contributed by atoms with Gasteiger partial charge in [0.25, 0.3) is 5.56 Å². The molecule has 0 unspecified atom stereocenters. The lowest BCUT2D eigenvalue weighted by atomic mass is 9.81. The first-order valence-corrected chi connectivity index (χ1v) is 8.67. The number of benzene rings is 1. The second-order valence-corrected chi connectivity index (χ2v) is 6.66. The van der Waals surface area contributed by atoms with E-state index in [1.54, 1.807) is 24.3 Å². The summed E-state index contributed by atoms with van der Waals surface area (Å²) in [6.07, 6.45) is 3.56. The maximum Gasteiger partial charge on any atom is 0.262 e. The van der Waals surface area contributed by atoms with Gasteiger partial charge in [-0.1, -0.05) is 30.3 Å². The molecule has 130 valence electrons. The molecule has 1 aromatic heterocycles. The van der Waals surface area contributed by atoms with Gasteiger partial charge in [-0.2, -0.15) is 0 Å². The molecule has 5 heteroatoms. The Morgan fingerprint density at radius 2 is 1.73 bits per heavy atom. The van der Waals surface area contributed by atoms with Crippen molar-refractivity contribution in [3.63, 3.8) is 0 Å². The van der Waals surface area contributed by atoms with Crippen LogP contribution in [0.1, 0.15) is 62.1 Å². The molecule has 0 atom stereocenters. The lowest BCUT2D eigenvalue weighted by Crippen LogP contribution is -2.37. The van der Waals surface area contributed by atoms with Crippen LogP contribution in [0.25, 0.3) is 5.57 Å². The number of hydrogen-bond donors (Lipinski definition) is 0. The van der Waals surface area contributed by atoms with Crippen molar-refractivity contribution in [1.29, 1.82) is 0 Å². The molecule has 2 heterocycles. The summed E-state index contributed by atoms with van der Waals surface area (Å²) in [5.41, 5.74) is 1.02. The van der Waals surface area contributed by atoms with Crippen molar-refractivity contribution in [1.82, 2.24) is 4.57 Å². The molecule has 1 aromatic carbocycles. The molecule has 26 heavy (non-hydrogen) atoms. The van der Waals surface area contributed by atoms with Gasteiger partial charge in [-0.05, 0) is 37.8 Å². The molecule has 1 aliphatic heterocycles. The molecule has 0 N–H and O–H groups in total. The predicted octanol–water partition coefficient (Wildman–Crippen LogP) is 2.85. The molecule has 0 saturated heterocycles. The summed E-state index contributed by atoms with van der Waals surface area (Å²) in [5.74, 6) is -1.23. The van der Waals surface area contributed by atoms with Gasteiger partial charge in [0.05, 0.1) is 16.7 Å². The summed E-state index contributed by atoms with van der Waals surface area (Å²) >= 11 is 0. The highest BCUT2D eigenvalue weighted by Gasteiger charge is 2.36. The lowest BCUT2D eigenvalue weighted by molar-refractivity contribution is 0.0980. The maximum atomic E-state index is 13.2. The van der Waals surface area contributed by atoms with Crippen LogP contribution in [-0.4, -0.2) is 21.9 Å². The molecule has 4 rings (SSSR count). The standard InChI is InChI=1S/C21H17NO4/c1-12(23)17-19-18(15-9-5-6-10-22(15)21(17)26)16(24)11-14(20(19)25)13-7-3-2-4-8-13/h2-4,7-8,11H,5-6,9-10H2,1H3. The summed E-state index contributed by atoms with van der Waals surface area (Å²) in [5, 5.41) is 0. The van der Waals surface area contributed by atoms with Crippen molar-refractivity contribution in [2.75, 3.05) is 0 Å². The van der Waals surface area contributed by atoms with E-state index < -0.39 is 17.1 Å². The highest BCUT2D eigenvalue weighted by Crippen LogP contribution is 2.32. The van der Waals surface area contributed by atoms with Crippen LogP contribution in [-0.2, 0) is 13.0 Å². The van der Waals surface area contributed by atoms with Gasteiger partial charge in [-0.3, -0.25) is 19.2 Å². The highest BCUT2D eigenvalue weighted by molar-refractivity contribution is 6.40. The molecule has 0 fully saturated rings. The lowest BCUT2D eigenvalue weighted by Gasteiger charge is -2.26. The van der Waals surface area contributed by atoms with Crippen LogP contribution in [0.2, 0.25) is 0 Å². The quantitative estimate of drug-likeness (QED) is 0.783. The second kappa shape index (κ2) is 6.02. The van der Waals surface area contributed by atoms with Crippen molar-refractivity contribution in [3.8, 4) is 0 Å². The van der Waals surface area contributed by atoms with Gasteiger partial charge in [0, 0.05) is 17.8 Å². The molecule has 0 bridgehead atoms. The summed E-state index contributed by atoms with van der Waals surface area (Å²) in [6, 6.07) is 8.84. The minimum Gasteiger partial charge on any atom is -0.311 e. The van der Waals surface area contributed by atoms with Gasteiger partial charge < -0.3 is 4.57 Å². The number of carbonyl (C=O) groups is 3. The summed E-state index contributed by atoms with van der Waals surface area (Å²) < 4.78 is 1.51. The first-order chi connectivity index (χ1) is 12.5. The number of hydrogen-bond acceptors (Lipinski definition) is 4. The Balaban J connectivity index is 2.05. The third-order valence-corrected chi connectivity index (χ3v) is 5.05. The SMILES string of the molecule is CC(=O)c1c2c(c3n(c1=O)CCCC3)C(=O)C=C(c1ccccc1)C2=O. The number of aromatic nitrogens is 1. The number of allylic oxidation sites excluding steroid dienone is 2. The van der Waals surface area contributed by atoms with E-state index in [1.807, 2.05) is 6.07 Å². The van der Waals surface area contributed by atoms with Crippen molar-refractivity contribution >= 4 is 22.9 Å². The average molecular weight is 347 g/mol. The van der Waals surface area contributed by atoms with E-state index in [1.165, 1.54) is 17.6 Å². The van der Waals surface area contributed by atoms with Crippen LogP contribution in [0.5, 0.6) is 0 Å².